The van der Waals surface area contributed by atoms with Crippen LogP contribution in [0, 0.1) is 0 Å². The Morgan fingerprint density at radius 2 is 1.86 bits per heavy atom. The van der Waals surface area contributed by atoms with Gasteiger partial charge in [-0.15, -0.1) is 0 Å². The standard InChI is InChI=1S/C17H16N2O3/c1-20-15-9-5-8-13(14-10-19-22-17(14)18)16(15)21-11-12-6-3-2-4-7-12/h2-10H,11,18H2,1H3. The molecule has 0 spiro atoms. The summed E-state index contributed by atoms with van der Waals surface area (Å²) in [7, 11) is 1.60. The topological polar surface area (TPSA) is 70.5 Å². The zero-order chi connectivity index (χ0) is 15.4. The third kappa shape index (κ3) is 2.74. The van der Waals surface area contributed by atoms with Gasteiger partial charge in [0.2, 0.25) is 5.88 Å². The number of hydrogen-bond donors (Lipinski definition) is 1. The SMILES string of the molecule is COc1cccc(-c2cnoc2N)c1OCc1ccccc1. The second-order valence-corrected chi connectivity index (χ2v) is 4.71. The molecule has 3 rings (SSSR count). The van der Waals surface area contributed by atoms with Gasteiger partial charge in [-0.05, 0) is 11.6 Å². The van der Waals surface area contributed by atoms with Gasteiger partial charge in [0.05, 0.1) is 18.9 Å². The number of hydrogen-bond acceptors (Lipinski definition) is 5. The summed E-state index contributed by atoms with van der Waals surface area (Å²) in [5.41, 5.74) is 8.35. The molecule has 0 saturated heterocycles. The number of benzene rings is 2. The number of ether oxygens (including phenoxy) is 2. The lowest BCUT2D eigenvalue weighted by atomic mass is 10.1. The fraction of sp³-hybridized carbons (Fsp3) is 0.118. The average Bonchev–Trinajstić information content (AvgIpc) is 2.99. The Morgan fingerprint density at radius 3 is 2.55 bits per heavy atom. The van der Waals surface area contributed by atoms with Gasteiger partial charge in [-0.25, -0.2) is 0 Å². The van der Waals surface area contributed by atoms with Gasteiger partial charge < -0.3 is 19.7 Å². The van der Waals surface area contributed by atoms with E-state index in [9.17, 15) is 0 Å². The first-order chi connectivity index (χ1) is 10.8. The van der Waals surface area contributed by atoms with Gasteiger partial charge >= 0.3 is 0 Å². The van der Waals surface area contributed by atoms with Crippen molar-refractivity contribution in [3.63, 3.8) is 0 Å². The third-order valence-electron chi connectivity index (χ3n) is 3.31. The summed E-state index contributed by atoms with van der Waals surface area (Å²) in [6.45, 7) is 0.430. The van der Waals surface area contributed by atoms with Crippen LogP contribution in [-0.2, 0) is 6.61 Å². The molecule has 1 heterocycles. The van der Waals surface area contributed by atoms with E-state index < -0.39 is 0 Å². The Labute approximate surface area is 128 Å². The van der Waals surface area contributed by atoms with E-state index in [1.165, 1.54) is 0 Å². The van der Waals surface area contributed by atoms with E-state index in [1.807, 2.05) is 48.5 Å². The van der Waals surface area contributed by atoms with Gasteiger partial charge in [-0.2, -0.15) is 0 Å². The van der Waals surface area contributed by atoms with E-state index in [4.69, 9.17) is 19.7 Å². The molecular formula is C17H16N2O3. The van der Waals surface area contributed by atoms with Crippen LogP contribution in [-0.4, -0.2) is 12.3 Å². The van der Waals surface area contributed by atoms with E-state index in [1.54, 1.807) is 13.3 Å². The van der Waals surface area contributed by atoms with E-state index in [0.29, 0.717) is 23.7 Å². The van der Waals surface area contributed by atoms with Crippen LogP contribution in [0.2, 0.25) is 0 Å². The number of methoxy groups -OCH3 is 1. The van der Waals surface area contributed by atoms with Crippen LogP contribution in [0.5, 0.6) is 11.5 Å². The number of nitrogens with zero attached hydrogens (tertiary/aromatic N) is 1. The zero-order valence-corrected chi connectivity index (χ0v) is 12.2. The van der Waals surface area contributed by atoms with E-state index in [-0.39, 0.29) is 5.88 Å². The van der Waals surface area contributed by atoms with E-state index >= 15 is 0 Å². The molecule has 5 nitrogen and oxygen atoms in total. The molecule has 3 aromatic rings. The maximum atomic E-state index is 5.97. The highest BCUT2D eigenvalue weighted by molar-refractivity contribution is 5.79. The molecule has 2 N–H and O–H groups in total. The predicted molar refractivity (Wildman–Crippen MR) is 83.7 cm³/mol. The highest BCUT2D eigenvalue weighted by Crippen LogP contribution is 2.40. The second-order valence-electron chi connectivity index (χ2n) is 4.71. The van der Waals surface area contributed by atoms with Gasteiger partial charge in [0.25, 0.3) is 0 Å². The van der Waals surface area contributed by atoms with Crippen LogP contribution in [0.3, 0.4) is 0 Å². The summed E-state index contributed by atoms with van der Waals surface area (Å²) in [5.74, 6) is 1.50. The van der Waals surface area contributed by atoms with Crippen molar-refractivity contribution in [2.45, 2.75) is 6.61 Å². The maximum absolute atomic E-state index is 5.97. The van der Waals surface area contributed by atoms with Crippen molar-refractivity contribution >= 4 is 5.88 Å². The molecule has 0 aliphatic rings. The highest BCUT2D eigenvalue weighted by Gasteiger charge is 2.17. The van der Waals surface area contributed by atoms with Gasteiger partial charge in [-0.1, -0.05) is 47.6 Å². The normalized spacial score (nSPS) is 10.4. The summed E-state index contributed by atoms with van der Waals surface area (Å²) in [6, 6.07) is 15.5. The number of nitrogen functional groups attached to an aromatic ring is 1. The van der Waals surface area contributed by atoms with Crippen molar-refractivity contribution in [3.8, 4) is 22.6 Å². The molecule has 5 heteroatoms. The van der Waals surface area contributed by atoms with Crippen molar-refractivity contribution in [2.75, 3.05) is 12.8 Å². The Morgan fingerprint density at radius 1 is 1.05 bits per heavy atom. The quantitative estimate of drug-likeness (QED) is 0.780. The van der Waals surface area contributed by atoms with E-state index in [0.717, 1.165) is 11.1 Å². The fourth-order valence-electron chi connectivity index (χ4n) is 2.22. The molecule has 22 heavy (non-hydrogen) atoms. The molecule has 2 aromatic carbocycles. The number of aromatic nitrogens is 1. The number of rotatable bonds is 5. The summed E-state index contributed by atoms with van der Waals surface area (Å²) < 4.78 is 16.3. The fourth-order valence-corrected chi connectivity index (χ4v) is 2.22. The minimum Gasteiger partial charge on any atom is -0.493 e. The van der Waals surface area contributed by atoms with Crippen LogP contribution in [0.15, 0.2) is 59.3 Å². The van der Waals surface area contributed by atoms with Crippen LogP contribution < -0.4 is 15.2 Å². The molecule has 0 atom stereocenters. The van der Waals surface area contributed by atoms with E-state index in [2.05, 4.69) is 5.16 Å². The molecule has 0 saturated carbocycles. The van der Waals surface area contributed by atoms with Crippen molar-refractivity contribution < 1.29 is 14.0 Å². The molecule has 0 radical (unpaired) electrons. The Kier molecular flexibility index (Phi) is 3.96. The molecule has 1 aromatic heterocycles. The monoisotopic (exact) mass is 296 g/mol. The summed E-state index contributed by atoms with van der Waals surface area (Å²) >= 11 is 0. The minimum absolute atomic E-state index is 0.248. The summed E-state index contributed by atoms with van der Waals surface area (Å²) in [6.07, 6.45) is 1.57. The van der Waals surface area contributed by atoms with Crippen LogP contribution in [0.1, 0.15) is 5.56 Å². The van der Waals surface area contributed by atoms with Crippen molar-refractivity contribution in [3.05, 3.63) is 60.3 Å². The maximum Gasteiger partial charge on any atom is 0.230 e. The number of anilines is 1. The Hall–Kier alpha value is -2.95. The zero-order valence-electron chi connectivity index (χ0n) is 12.2. The predicted octanol–water partition coefficient (Wildman–Crippen LogP) is 3.51. The third-order valence-corrected chi connectivity index (χ3v) is 3.31. The Balaban J connectivity index is 1.96. The average molecular weight is 296 g/mol. The second kappa shape index (κ2) is 6.22. The summed E-state index contributed by atoms with van der Waals surface area (Å²) in [4.78, 5) is 0. The first kappa shape index (κ1) is 14.0. The smallest absolute Gasteiger partial charge is 0.230 e. The molecule has 0 fully saturated rings. The van der Waals surface area contributed by atoms with Gasteiger partial charge in [0.1, 0.15) is 6.61 Å². The first-order valence-electron chi connectivity index (χ1n) is 6.84. The highest BCUT2D eigenvalue weighted by atomic mass is 16.5. The van der Waals surface area contributed by atoms with Gasteiger partial charge in [0, 0.05) is 5.56 Å². The van der Waals surface area contributed by atoms with Crippen LogP contribution in [0.4, 0.5) is 5.88 Å². The van der Waals surface area contributed by atoms with Crippen LogP contribution in [0.25, 0.3) is 11.1 Å². The lowest BCUT2D eigenvalue weighted by molar-refractivity contribution is 0.286. The number of nitrogens with two attached hydrogens (primary N) is 1. The van der Waals surface area contributed by atoms with Crippen molar-refractivity contribution in [1.29, 1.82) is 0 Å². The largest absolute Gasteiger partial charge is 0.493 e. The molecule has 0 unspecified atom stereocenters. The molecule has 0 bridgehead atoms. The first-order valence-corrected chi connectivity index (χ1v) is 6.84. The number of para-hydroxylation sites is 1. The molecule has 0 aliphatic carbocycles. The summed E-state index contributed by atoms with van der Waals surface area (Å²) in [5, 5.41) is 3.72. The Bertz CT molecular complexity index is 754. The molecule has 0 aliphatic heterocycles. The molecular weight excluding hydrogens is 280 g/mol. The van der Waals surface area contributed by atoms with Crippen molar-refractivity contribution in [1.82, 2.24) is 5.16 Å². The van der Waals surface area contributed by atoms with Crippen LogP contribution >= 0.6 is 0 Å². The van der Waals surface area contributed by atoms with Gasteiger partial charge in [0.15, 0.2) is 11.5 Å². The molecule has 0 amide bonds. The lowest BCUT2D eigenvalue weighted by Crippen LogP contribution is -1.99. The van der Waals surface area contributed by atoms with Gasteiger partial charge in [-0.3, -0.25) is 0 Å². The molecule has 112 valence electrons. The lowest BCUT2D eigenvalue weighted by Gasteiger charge is -2.14. The minimum atomic E-state index is 0.248. The van der Waals surface area contributed by atoms with Crippen molar-refractivity contribution in [2.24, 2.45) is 0 Å².